The number of aryl methyl sites for hydroxylation is 2. The minimum atomic E-state index is -0.877. The molecule has 0 bridgehead atoms. The Balaban J connectivity index is 1.81. The van der Waals surface area contributed by atoms with Gasteiger partial charge in [-0.3, -0.25) is 0 Å². The van der Waals surface area contributed by atoms with Crippen LogP contribution in [0.2, 0.25) is 0 Å². The average Bonchev–Trinajstić information content (AvgIpc) is 2.89. The molecule has 5 rings (SSSR count). The molecule has 0 aliphatic carbocycles. The molecule has 4 aromatic rings. The molecule has 0 aromatic heterocycles. The number of ether oxygens (including phenoxy) is 3. The number of carbonyl (C=O) groups is 1. The summed E-state index contributed by atoms with van der Waals surface area (Å²) < 4.78 is 17.5. The van der Waals surface area contributed by atoms with Crippen molar-refractivity contribution < 1.29 is 19.0 Å². The predicted octanol–water partition coefficient (Wildman–Crippen LogP) is 6.60. The second-order valence-corrected chi connectivity index (χ2v) is 8.55. The maximum absolute atomic E-state index is 12.8. The van der Waals surface area contributed by atoms with E-state index in [2.05, 4.69) is 31.2 Å². The van der Waals surface area contributed by atoms with E-state index in [0.717, 1.165) is 38.8 Å². The Labute approximate surface area is 199 Å². The number of hydrogen-bond donors (Lipinski definition) is 0. The van der Waals surface area contributed by atoms with Crippen molar-refractivity contribution in [1.29, 1.82) is 0 Å². The van der Waals surface area contributed by atoms with E-state index in [1.807, 2.05) is 67.6 Å². The van der Waals surface area contributed by atoms with Gasteiger partial charge in [-0.2, -0.15) is 0 Å². The maximum Gasteiger partial charge on any atom is 0.338 e. The van der Waals surface area contributed by atoms with Gasteiger partial charge in [-0.05, 0) is 49.1 Å². The van der Waals surface area contributed by atoms with E-state index in [-0.39, 0.29) is 5.97 Å². The van der Waals surface area contributed by atoms with E-state index in [1.165, 1.54) is 12.7 Å². The standard InChI is InChI=1S/C30H26O4/c1-19-9-11-21(12-10-19)30(22-13-15-23(32-3)16-14-22)18-17-26-27(29(31)33-4)20(2)24-7-5-6-8-25(24)28(26)34-30/h5-18H,1-4H3. The zero-order chi connectivity index (χ0) is 23.9. The van der Waals surface area contributed by atoms with Gasteiger partial charge in [-0.1, -0.05) is 66.2 Å². The van der Waals surface area contributed by atoms with E-state index in [4.69, 9.17) is 14.2 Å². The Hall–Kier alpha value is -4.05. The summed E-state index contributed by atoms with van der Waals surface area (Å²) in [4.78, 5) is 12.8. The van der Waals surface area contributed by atoms with E-state index in [0.29, 0.717) is 11.3 Å². The third kappa shape index (κ3) is 3.34. The number of esters is 1. The topological polar surface area (TPSA) is 44.8 Å². The first-order valence-electron chi connectivity index (χ1n) is 11.2. The molecular formula is C30H26O4. The molecule has 170 valence electrons. The highest BCUT2D eigenvalue weighted by molar-refractivity contribution is 6.06. The fraction of sp³-hybridized carbons (Fsp3) is 0.167. The zero-order valence-electron chi connectivity index (χ0n) is 19.7. The van der Waals surface area contributed by atoms with Crippen LogP contribution in [0.3, 0.4) is 0 Å². The van der Waals surface area contributed by atoms with E-state index in [1.54, 1.807) is 7.11 Å². The zero-order valence-corrected chi connectivity index (χ0v) is 19.7. The molecule has 1 atom stereocenters. The Kier molecular flexibility index (Phi) is 5.37. The second-order valence-electron chi connectivity index (χ2n) is 8.55. The van der Waals surface area contributed by atoms with Crippen LogP contribution in [0.5, 0.6) is 11.5 Å². The summed E-state index contributed by atoms with van der Waals surface area (Å²) in [6.45, 7) is 4.02. The van der Waals surface area contributed by atoms with Gasteiger partial charge in [0.05, 0.1) is 19.8 Å². The lowest BCUT2D eigenvalue weighted by atomic mass is 9.81. The smallest absolute Gasteiger partial charge is 0.338 e. The summed E-state index contributed by atoms with van der Waals surface area (Å²) in [6, 6.07) is 24.3. The molecule has 0 saturated heterocycles. The fourth-order valence-corrected chi connectivity index (χ4v) is 4.75. The Morgan fingerprint density at radius 1 is 0.824 bits per heavy atom. The monoisotopic (exact) mass is 450 g/mol. The van der Waals surface area contributed by atoms with Crippen molar-refractivity contribution in [3.63, 3.8) is 0 Å². The van der Waals surface area contributed by atoms with Gasteiger partial charge in [0.25, 0.3) is 0 Å². The van der Waals surface area contributed by atoms with Crippen LogP contribution >= 0.6 is 0 Å². The Bertz CT molecular complexity index is 1420. The number of benzene rings is 4. The van der Waals surface area contributed by atoms with E-state index >= 15 is 0 Å². The second kappa shape index (κ2) is 8.38. The van der Waals surface area contributed by atoms with Crippen LogP contribution in [-0.2, 0) is 10.3 Å². The van der Waals surface area contributed by atoms with Crippen LogP contribution in [0.1, 0.15) is 38.2 Å². The van der Waals surface area contributed by atoms with Gasteiger partial charge in [0, 0.05) is 22.1 Å². The number of carbonyl (C=O) groups excluding carboxylic acids is 1. The quantitative estimate of drug-likeness (QED) is 0.329. The first kappa shape index (κ1) is 21.8. The molecule has 4 heteroatoms. The highest BCUT2D eigenvalue weighted by Gasteiger charge is 2.39. The van der Waals surface area contributed by atoms with Crippen molar-refractivity contribution in [3.05, 3.63) is 112 Å². The third-order valence-electron chi connectivity index (χ3n) is 6.60. The molecule has 1 aliphatic heterocycles. The molecule has 1 aliphatic rings. The molecule has 0 radical (unpaired) electrons. The summed E-state index contributed by atoms with van der Waals surface area (Å²) >= 11 is 0. The minimum absolute atomic E-state index is 0.375. The van der Waals surface area contributed by atoms with Crippen molar-refractivity contribution in [2.24, 2.45) is 0 Å². The van der Waals surface area contributed by atoms with Crippen molar-refractivity contribution in [3.8, 4) is 11.5 Å². The molecule has 4 nitrogen and oxygen atoms in total. The SMILES string of the molecule is COC(=O)c1c2c(c3ccccc3c1C)OC(c1ccc(C)cc1)(c1ccc(OC)cc1)C=C2. The number of fused-ring (bicyclic) bond motifs is 3. The van der Waals surface area contributed by atoms with Gasteiger partial charge >= 0.3 is 5.97 Å². The molecule has 4 aromatic carbocycles. The van der Waals surface area contributed by atoms with Crippen LogP contribution in [0.4, 0.5) is 0 Å². The van der Waals surface area contributed by atoms with Gasteiger partial charge in [-0.15, -0.1) is 0 Å². The summed E-state index contributed by atoms with van der Waals surface area (Å²) in [7, 11) is 3.06. The van der Waals surface area contributed by atoms with Crippen molar-refractivity contribution in [1.82, 2.24) is 0 Å². The molecule has 0 N–H and O–H groups in total. The molecular weight excluding hydrogens is 424 g/mol. The molecule has 0 spiro atoms. The first-order chi connectivity index (χ1) is 16.5. The van der Waals surface area contributed by atoms with Gasteiger partial charge in [0.1, 0.15) is 11.5 Å². The summed E-state index contributed by atoms with van der Waals surface area (Å²) in [5, 5.41) is 1.92. The summed E-state index contributed by atoms with van der Waals surface area (Å²) in [5.74, 6) is 1.07. The van der Waals surface area contributed by atoms with E-state index in [9.17, 15) is 4.79 Å². The summed E-state index contributed by atoms with van der Waals surface area (Å²) in [5.41, 5.74) is 4.39. The lowest BCUT2D eigenvalue weighted by Crippen LogP contribution is -2.34. The van der Waals surface area contributed by atoms with Gasteiger partial charge < -0.3 is 14.2 Å². The van der Waals surface area contributed by atoms with Crippen molar-refractivity contribution in [2.45, 2.75) is 19.4 Å². The Morgan fingerprint density at radius 3 is 2.06 bits per heavy atom. The largest absolute Gasteiger partial charge is 0.497 e. The third-order valence-corrected chi connectivity index (χ3v) is 6.60. The lowest BCUT2D eigenvalue weighted by molar-refractivity contribution is 0.0598. The fourth-order valence-electron chi connectivity index (χ4n) is 4.75. The number of methoxy groups -OCH3 is 2. The van der Waals surface area contributed by atoms with E-state index < -0.39 is 5.60 Å². The van der Waals surface area contributed by atoms with Crippen LogP contribution < -0.4 is 9.47 Å². The maximum atomic E-state index is 12.8. The normalized spacial score (nSPS) is 16.6. The molecule has 0 saturated carbocycles. The predicted molar refractivity (Wildman–Crippen MR) is 135 cm³/mol. The molecule has 1 unspecified atom stereocenters. The van der Waals surface area contributed by atoms with Gasteiger partial charge in [0.15, 0.2) is 5.60 Å². The molecule has 34 heavy (non-hydrogen) atoms. The van der Waals surface area contributed by atoms with Crippen LogP contribution in [0, 0.1) is 13.8 Å². The summed E-state index contributed by atoms with van der Waals surface area (Å²) in [6.07, 6.45) is 4.02. The van der Waals surface area contributed by atoms with Gasteiger partial charge in [-0.25, -0.2) is 4.79 Å². The minimum Gasteiger partial charge on any atom is -0.497 e. The van der Waals surface area contributed by atoms with Gasteiger partial charge in [0.2, 0.25) is 0 Å². The molecule has 0 fully saturated rings. The molecule has 1 heterocycles. The first-order valence-corrected chi connectivity index (χ1v) is 11.2. The van der Waals surface area contributed by atoms with Crippen LogP contribution in [-0.4, -0.2) is 20.2 Å². The van der Waals surface area contributed by atoms with Crippen molar-refractivity contribution in [2.75, 3.05) is 14.2 Å². The number of hydrogen-bond acceptors (Lipinski definition) is 4. The lowest BCUT2D eigenvalue weighted by Gasteiger charge is -2.37. The highest BCUT2D eigenvalue weighted by atomic mass is 16.5. The van der Waals surface area contributed by atoms with Crippen LogP contribution in [0.15, 0.2) is 78.9 Å². The number of rotatable bonds is 4. The Morgan fingerprint density at radius 2 is 1.44 bits per heavy atom. The highest BCUT2D eigenvalue weighted by Crippen LogP contribution is 2.47. The van der Waals surface area contributed by atoms with Crippen molar-refractivity contribution >= 4 is 22.8 Å². The molecule has 0 amide bonds. The van der Waals surface area contributed by atoms with Crippen LogP contribution in [0.25, 0.3) is 16.8 Å². The average molecular weight is 451 g/mol.